The Labute approximate surface area is 192 Å². The first kappa shape index (κ1) is 24.0. The summed E-state index contributed by atoms with van der Waals surface area (Å²) in [5, 5.41) is 6.00. The maximum Gasteiger partial charge on any atom is 0.251 e. The second-order valence-electron chi connectivity index (χ2n) is 8.34. The van der Waals surface area contributed by atoms with Crippen LogP contribution in [-0.2, 0) is 0 Å². The zero-order valence-electron chi connectivity index (χ0n) is 19.0. The zero-order chi connectivity index (χ0) is 22.4. The number of benzene rings is 2. The minimum atomic E-state index is 0.0128. The minimum Gasteiger partial charge on any atom is -0.352 e. The van der Waals surface area contributed by atoms with Gasteiger partial charge >= 0.3 is 0 Å². The molecule has 0 aliphatic carbocycles. The normalized spacial score (nSPS) is 14.8. The van der Waals surface area contributed by atoms with Gasteiger partial charge in [0.25, 0.3) is 11.8 Å². The highest BCUT2D eigenvalue weighted by molar-refractivity contribution is 5.94. The van der Waals surface area contributed by atoms with Gasteiger partial charge in [-0.05, 0) is 63.0 Å². The number of amides is 2. The predicted octanol–water partition coefficient (Wildman–Crippen LogP) is 3.02. The highest BCUT2D eigenvalue weighted by Crippen LogP contribution is 2.06. The Morgan fingerprint density at radius 3 is 1.34 bits per heavy atom. The number of hydrogen-bond donors (Lipinski definition) is 2. The minimum absolute atomic E-state index is 0.0128. The Hall–Kier alpha value is -2.70. The van der Waals surface area contributed by atoms with Gasteiger partial charge < -0.3 is 20.4 Å². The SMILES string of the molecule is O=C(NCCCCN1CCN(CCCCNC(=O)c2ccccc2)CC1)c1ccccc1. The molecule has 32 heavy (non-hydrogen) atoms. The van der Waals surface area contributed by atoms with Crippen molar-refractivity contribution >= 4 is 11.8 Å². The molecule has 3 rings (SSSR count). The first-order chi connectivity index (χ1) is 15.7. The molecule has 1 saturated heterocycles. The number of piperazine rings is 1. The molecule has 0 atom stereocenters. The zero-order valence-corrected chi connectivity index (χ0v) is 19.0. The van der Waals surface area contributed by atoms with E-state index in [0.29, 0.717) is 0 Å². The van der Waals surface area contributed by atoms with Crippen LogP contribution in [0.25, 0.3) is 0 Å². The Balaban J connectivity index is 1.16. The van der Waals surface area contributed by atoms with Crippen LogP contribution >= 0.6 is 0 Å². The number of nitrogens with one attached hydrogen (secondary N) is 2. The fraction of sp³-hybridized carbons (Fsp3) is 0.462. The molecular weight excluding hydrogens is 400 g/mol. The average molecular weight is 437 g/mol. The van der Waals surface area contributed by atoms with Crippen LogP contribution < -0.4 is 10.6 Å². The summed E-state index contributed by atoms with van der Waals surface area (Å²) in [6, 6.07) is 18.8. The molecular formula is C26H36N4O2. The molecule has 2 aromatic rings. The smallest absolute Gasteiger partial charge is 0.251 e. The van der Waals surface area contributed by atoms with Crippen LogP contribution in [-0.4, -0.2) is 74.0 Å². The van der Waals surface area contributed by atoms with E-state index < -0.39 is 0 Å². The summed E-state index contributed by atoms with van der Waals surface area (Å²) in [7, 11) is 0. The Morgan fingerprint density at radius 2 is 0.969 bits per heavy atom. The predicted molar refractivity (Wildman–Crippen MR) is 129 cm³/mol. The fourth-order valence-electron chi connectivity index (χ4n) is 3.94. The van der Waals surface area contributed by atoms with Gasteiger partial charge in [0, 0.05) is 50.4 Å². The van der Waals surface area contributed by atoms with Crippen molar-refractivity contribution in [3.05, 3.63) is 71.8 Å². The highest BCUT2D eigenvalue weighted by atomic mass is 16.2. The van der Waals surface area contributed by atoms with Gasteiger partial charge in [0.05, 0.1) is 0 Å². The first-order valence-electron chi connectivity index (χ1n) is 11.8. The molecule has 2 N–H and O–H groups in total. The van der Waals surface area contributed by atoms with E-state index in [0.717, 1.165) is 89.2 Å². The second kappa shape index (κ2) is 13.7. The van der Waals surface area contributed by atoms with Gasteiger partial charge in [0.15, 0.2) is 0 Å². The number of unbranched alkanes of at least 4 members (excludes halogenated alkanes) is 2. The molecule has 0 saturated carbocycles. The van der Waals surface area contributed by atoms with Crippen LogP contribution in [0.15, 0.2) is 60.7 Å². The molecule has 1 aliphatic heterocycles. The number of carbonyl (C=O) groups is 2. The summed E-state index contributed by atoms with van der Waals surface area (Å²) in [4.78, 5) is 29.1. The molecule has 172 valence electrons. The molecule has 0 bridgehead atoms. The molecule has 0 radical (unpaired) electrons. The topological polar surface area (TPSA) is 64.7 Å². The van der Waals surface area contributed by atoms with Gasteiger partial charge in [-0.1, -0.05) is 36.4 Å². The fourth-order valence-corrected chi connectivity index (χ4v) is 3.94. The van der Waals surface area contributed by atoms with Crippen LogP contribution in [0, 0.1) is 0 Å². The third kappa shape index (κ3) is 8.44. The van der Waals surface area contributed by atoms with Gasteiger partial charge in [0.1, 0.15) is 0 Å². The molecule has 2 amide bonds. The van der Waals surface area contributed by atoms with Crippen molar-refractivity contribution in [2.24, 2.45) is 0 Å². The maximum absolute atomic E-state index is 12.0. The molecule has 1 aliphatic rings. The van der Waals surface area contributed by atoms with Crippen molar-refractivity contribution in [3.8, 4) is 0 Å². The van der Waals surface area contributed by atoms with E-state index in [4.69, 9.17) is 0 Å². The lowest BCUT2D eigenvalue weighted by Gasteiger charge is -2.34. The van der Waals surface area contributed by atoms with Gasteiger partial charge in [-0.3, -0.25) is 9.59 Å². The molecule has 0 aromatic heterocycles. The number of nitrogens with zero attached hydrogens (tertiary/aromatic N) is 2. The van der Waals surface area contributed by atoms with Crippen molar-refractivity contribution in [2.75, 3.05) is 52.4 Å². The Bertz CT molecular complexity index is 736. The molecule has 1 heterocycles. The summed E-state index contributed by atoms with van der Waals surface area (Å²) < 4.78 is 0. The van der Waals surface area contributed by atoms with Crippen molar-refractivity contribution < 1.29 is 9.59 Å². The van der Waals surface area contributed by atoms with E-state index in [1.807, 2.05) is 60.7 Å². The summed E-state index contributed by atoms with van der Waals surface area (Å²) in [5.41, 5.74) is 1.45. The number of hydrogen-bond acceptors (Lipinski definition) is 4. The van der Waals surface area contributed by atoms with Crippen molar-refractivity contribution in [1.29, 1.82) is 0 Å². The van der Waals surface area contributed by atoms with Crippen molar-refractivity contribution in [3.63, 3.8) is 0 Å². The Morgan fingerprint density at radius 1 is 0.594 bits per heavy atom. The van der Waals surface area contributed by atoms with Gasteiger partial charge in [-0.15, -0.1) is 0 Å². The third-order valence-electron chi connectivity index (χ3n) is 5.91. The molecule has 0 spiro atoms. The van der Waals surface area contributed by atoms with Gasteiger partial charge in [-0.25, -0.2) is 0 Å². The van der Waals surface area contributed by atoms with E-state index in [-0.39, 0.29) is 11.8 Å². The standard InChI is InChI=1S/C26H36N4O2/c31-25(23-11-3-1-4-12-23)27-15-7-9-17-29-19-21-30(22-20-29)18-10-8-16-28-26(32)24-13-5-2-6-14-24/h1-6,11-14H,7-10,15-22H2,(H,27,31)(H,28,32). The van der Waals surface area contributed by atoms with Crippen molar-refractivity contribution in [2.45, 2.75) is 25.7 Å². The van der Waals surface area contributed by atoms with Crippen LogP contribution in [0.3, 0.4) is 0 Å². The quantitative estimate of drug-likeness (QED) is 0.502. The summed E-state index contributed by atoms with van der Waals surface area (Å²) in [6.45, 7) is 8.11. The van der Waals surface area contributed by atoms with E-state index in [1.54, 1.807) is 0 Å². The third-order valence-corrected chi connectivity index (χ3v) is 5.91. The van der Waals surface area contributed by atoms with Gasteiger partial charge in [0.2, 0.25) is 0 Å². The lowest BCUT2D eigenvalue weighted by atomic mass is 10.2. The van der Waals surface area contributed by atoms with E-state index in [1.165, 1.54) is 0 Å². The summed E-state index contributed by atoms with van der Waals surface area (Å²) in [5.74, 6) is 0.0256. The molecule has 6 nitrogen and oxygen atoms in total. The molecule has 0 unspecified atom stereocenters. The van der Waals surface area contributed by atoms with Crippen molar-refractivity contribution in [1.82, 2.24) is 20.4 Å². The second-order valence-corrected chi connectivity index (χ2v) is 8.34. The number of rotatable bonds is 12. The number of carbonyl (C=O) groups excluding carboxylic acids is 2. The maximum atomic E-state index is 12.0. The van der Waals surface area contributed by atoms with Crippen LogP contribution in [0.1, 0.15) is 46.4 Å². The Kier molecular flexibility index (Phi) is 10.2. The molecule has 1 fully saturated rings. The highest BCUT2D eigenvalue weighted by Gasteiger charge is 2.16. The summed E-state index contributed by atoms with van der Waals surface area (Å²) >= 11 is 0. The lowest BCUT2D eigenvalue weighted by Crippen LogP contribution is -2.46. The van der Waals surface area contributed by atoms with E-state index in [2.05, 4.69) is 20.4 Å². The molecule has 6 heteroatoms. The average Bonchev–Trinajstić information content (AvgIpc) is 2.85. The first-order valence-corrected chi connectivity index (χ1v) is 11.8. The van der Waals surface area contributed by atoms with Crippen LogP contribution in [0.2, 0.25) is 0 Å². The molecule has 2 aromatic carbocycles. The van der Waals surface area contributed by atoms with E-state index in [9.17, 15) is 9.59 Å². The monoisotopic (exact) mass is 436 g/mol. The lowest BCUT2D eigenvalue weighted by molar-refractivity contribution is 0.0941. The van der Waals surface area contributed by atoms with Crippen LogP contribution in [0.4, 0.5) is 0 Å². The summed E-state index contributed by atoms with van der Waals surface area (Å²) in [6.07, 6.45) is 4.23. The van der Waals surface area contributed by atoms with Crippen LogP contribution in [0.5, 0.6) is 0 Å². The van der Waals surface area contributed by atoms with E-state index >= 15 is 0 Å². The largest absolute Gasteiger partial charge is 0.352 e. The van der Waals surface area contributed by atoms with Gasteiger partial charge in [-0.2, -0.15) is 0 Å².